The molecule has 0 radical (unpaired) electrons. The standard InChI is InChI=1S/C18H29NO2/c1-5-6-7-10-19(13(2)3)17-11-14-8-9-15(21-4)12-16(14)18(17)20/h8-9,12-13,17-18,20H,5-7,10-11H2,1-4H3. The van der Waals surface area contributed by atoms with Crippen LogP contribution in [0.3, 0.4) is 0 Å². The van der Waals surface area contributed by atoms with Crippen LogP contribution in [0.2, 0.25) is 0 Å². The molecule has 0 bridgehead atoms. The van der Waals surface area contributed by atoms with Gasteiger partial charge in [-0.3, -0.25) is 4.90 Å². The largest absolute Gasteiger partial charge is 0.497 e. The highest BCUT2D eigenvalue weighted by atomic mass is 16.5. The third kappa shape index (κ3) is 3.58. The number of rotatable bonds is 7. The van der Waals surface area contributed by atoms with Gasteiger partial charge < -0.3 is 9.84 Å². The van der Waals surface area contributed by atoms with E-state index in [1.165, 1.54) is 24.8 Å². The van der Waals surface area contributed by atoms with Crippen molar-refractivity contribution in [2.24, 2.45) is 0 Å². The Balaban J connectivity index is 2.13. The van der Waals surface area contributed by atoms with Crippen LogP contribution < -0.4 is 4.74 Å². The maximum atomic E-state index is 10.7. The quantitative estimate of drug-likeness (QED) is 0.780. The number of fused-ring (bicyclic) bond motifs is 1. The van der Waals surface area contributed by atoms with Gasteiger partial charge in [-0.25, -0.2) is 0 Å². The Hall–Kier alpha value is -1.06. The second kappa shape index (κ2) is 7.28. The molecule has 1 N–H and O–H groups in total. The lowest BCUT2D eigenvalue weighted by atomic mass is 10.1. The van der Waals surface area contributed by atoms with E-state index >= 15 is 0 Å². The van der Waals surface area contributed by atoms with Gasteiger partial charge in [0.2, 0.25) is 0 Å². The van der Waals surface area contributed by atoms with E-state index in [2.05, 4.69) is 31.7 Å². The first-order valence-electron chi connectivity index (χ1n) is 8.19. The first kappa shape index (κ1) is 16.3. The van der Waals surface area contributed by atoms with E-state index < -0.39 is 6.10 Å². The predicted octanol–water partition coefficient (Wildman–Crippen LogP) is 3.55. The van der Waals surface area contributed by atoms with E-state index in [4.69, 9.17) is 4.74 Å². The van der Waals surface area contributed by atoms with Crippen LogP contribution in [-0.4, -0.2) is 35.7 Å². The third-order valence-electron chi connectivity index (χ3n) is 4.57. The summed E-state index contributed by atoms with van der Waals surface area (Å²) in [6, 6.07) is 6.73. The number of benzene rings is 1. The lowest BCUT2D eigenvalue weighted by Gasteiger charge is -2.34. The Morgan fingerprint density at radius 2 is 2.10 bits per heavy atom. The van der Waals surface area contributed by atoms with Gasteiger partial charge in [0.05, 0.1) is 13.2 Å². The number of unbranched alkanes of at least 4 members (excludes halogenated alkanes) is 2. The number of aliphatic hydroxyl groups is 1. The third-order valence-corrected chi connectivity index (χ3v) is 4.57. The zero-order chi connectivity index (χ0) is 15.4. The molecule has 1 aliphatic carbocycles. The van der Waals surface area contributed by atoms with Crippen LogP contribution in [0, 0.1) is 0 Å². The Morgan fingerprint density at radius 3 is 2.71 bits per heavy atom. The van der Waals surface area contributed by atoms with E-state index in [-0.39, 0.29) is 6.04 Å². The average Bonchev–Trinajstić information content (AvgIpc) is 2.80. The van der Waals surface area contributed by atoms with Crippen LogP contribution in [-0.2, 0) is 6.42 Å². The van der Waals surface area contributed by atoms with Crippen molar-refractivity contribution in [2.45, 2.75) is 64.6 Å². The minimum Gasteiger partial charge on any atom is -0.497 e. The summed E-state index contributed by atoms with van der Waals surface area (Å²) in [4.78, 5) is 2.47. The molecule has 3 nitrogen and oxygen atoms in total. The fourth-order valence-corrected chi connectivity index (χ4v) is 3.36. The van der Waals surface area contributed by atoms with Crippen LogP contribution in [0.25, 0.3) is 0 Å². The van der Waals surface area contributed by atoms with E-state index in [0.29, 0.717) is 6.04 Å². The zero-order valence-corrected chi connectivity index (χ0v) is 13.8. The summed E-state index contributed by atoms with van der Waals surface area (Å²) in [5.74, 6) is 0.829. The number of ether oxygens (including phenoxy) is 1. The van der Waals surface area contributed by atoms with Crippen molar-refractivity contribution in [1.29, 1.82) is 0 Å². The molecule has 2 rings (SSSR count). The maximum Gasteiger partial charge on any atom is 0.119 e. The number of nitrogens with zero attached hydrogens (tertiary/aromatic N) is 1. The fraction of sp³-hybridized carbons (Fsp3) is 0.667. The molecule has 21 heavy (non-hydrogen) atoms. The molecule has 0 fully saturated rings. The van der Waals surface area contributed by atoms with Crippen molar-refractivity contribution in [3.05, 3.63) is 29.3 Å². The molecule has 0 spiro atoms. The molecule has 0 aromatic heterocycles. The minimum absolute atomic E-state index is 0.198. The molecule has 1 aromatic carbocycles. The van der Waals surface area contributed by atoms with Crippen molar-refractivity contribution in [2.75, 3.05) is 13.7 Å². The van der Waals surface area contributed by atoms with Crippen molar-refractivity contribution in [1.82, 2.24) is 4.90 Å². The minimum atomic E-state index is -0.404. The number of methoxy groups -OCH3 is 1. The Morgan fingerprint density at radius 1 is 1.33 bits per heavy atom. The zero-order valence-electron chi connectivity index (χ0n) is 13.8. The molecular weight excluding hydrogens is 262 g/mol. The second-order valence-electron chi connectivity index (χ2n) is 6.32. The van der Waals surface area contributed by atoms with Crippen LogP contribution in [0.4, 0.5) is 0 Å². The molecule has 1 aliphatic rings. The fourth-order valence-electron chi connectivity index (χ4n) is 3.36. The molecular formula is C18H29NO2. The normalized spacial score (nSPS) is 21.1. The second-order valence-corrected chi connectivity index (χ2v) is 6.32. The molecule has 0 amide bonds. The summed E-state index contributed by atoms with van der Waals surface area (Å²) in [6.07, 6.45) is 4.23. The van der Waals surface area contributed by atoms with Crippen molar-refractivity contribution >= 4 is 0 Å². The lowest BCUT2D eigenvalue weighted by Crippen LogP contribution is -2.43. The molecule has 0 heterocycles. The Bertz CT molecular complexity index is 459. The summed E-state index contributed by atoms with van der Waals surface area (Å²) in [5, 5.41) is 10.7. The Labute approximate surface area is 128 Å². The number of aliphatic hydroxyl groups excluding tert-OH is 1. The molecule has 0 aliphatic heterocycles. The van der Waals surface area contributed by atoms with E-state index in [9.17, 15) is 5.11 Å². The molecule has 0 saturated carbocycles. The highest BCUT2D eigenvalue weighted by Crippen LogP contribution is 2.37. The van der Waals surface area contributed by atoms with Gasteiger partial charge in [0.1, 0.15) is 5.75 Å². The molecule has 2 atom stereocenters. The average molecular weight is 291 g/mol. The van der Waals surface area contributed by atoms with Crippen LogP contribution >= 0.6 is 0 Å². The highest BCUT2D eigenvalue weighted by Gasteiger charge is 2.36. The highest BCUT2D eigenvalue weighted by molar-refractivity contribution is 5.41. The van der Waals surface area contributed by atoms with Gasteiger partial charge in [-0.2, -0.15) is 0 Å². The summed E-state index contributed by atoms with van der Waals surface area (Å²) in [6.45, 7) is 7.75. The predicted molar refractivity (Wildman–Crippen MR) is 86.8 cm³/mol. The van der Waals surface area contributed by atoms with Crippen molar-refractivity contribution in [3.63, 3.8) is 0 Å². The number of hydrogen-bond donors (Lipinski definition) is 1. The Kier molecular flexibility index (Phi) is 5.65. The van der Waals surface area contributed by atoms with Gasteiger partial charge in [0.25, 0.3) is 0 Å². The van der Waals surface area contributed by atoms with Gasteiger partial charge in [-0.1, -0.05) is 25.8 Å². The molecule has 0 saturated heterocycles. The van der Waals surface area contributed by atoms with E-state index in [1.807, 2.05) is 12.1 Å². The SMILES string of the molecule is CCCCCN(C(C)C)C1Cc2ccc(OC)cc2C1O. The van der Waals surface area contributed by atoms with Gasteiger partial charge in [0.15, 0.2) is 0 Å². The van der Waals surface area contributed by atoms with Crippen molar-refractivity contribution < 1.29 is 9.84 Å². The summed E-state index contributed by atoms with van der Waals surface area (Å²) >= 11 is 0. The van der Waals surface area contributed by atoms with Crippen LogP contribution in [0.1, 0.15) is 57.3 Å². The van der Waals surface area contributed by atoms with Gasteiger partial charge in [-0.05, 0) is 56.5 Å². The first-order chi connectivity index (χ1) is 10.1. The summed E-state index contributed by atoms with van der Waals surface area (Å²) < 4.78 is 5.29. The van der Waals surface area contributed by atoms with E-state index in [1.54, 1.807) is 7.11 Å². The topological polar surface area (TPSA) is 32.7 Å². The van der Waals surface area contributed by atoms with Gasteiger partial charge >= 0.3 is 0 Å². The summed E-state index contributed by atoms with van der Waals surface area (Å²) in [5.41, 5.74) is 2.30. The number of hydrogen-bond acceptors (Lipinski definition) is 3. The molecule has 2 unspecified atom stereocenters. The molecule has 1 aromatic rings. The molecule has 118 valence electrons. The summed E-state index contributed by atoms with van der Waals surface area (Å²) in [7, 11) is 1.67. The maximum absolute atomic E-state index is 10.7. The van der Waals surface area contributed by atoms with Crippen LogP contribution in [0.15, 0.2) is 18.2 Å². The van der Waals surface area contributed by atoms with Crippen molar-refractivity contribution in [3.8, 4) is 5.75 Å². The molecule has 3 heteroatoms. The first-order valence-corrected chi connectivity index (χ1v) is 8.19. The lowest BCUT2D eigenvalue weighted by molar-refractivity contribution is 0.0410. The van der Waals surface area contributed by atoms with E-state index in [0.717, 1.165) is 24.3 Å². The smallest absolute Gasteiger partial charge is 0.119 e. The van der Waals surface area contributed by atoms with Crippen LogP contribution in [0.5, 0.6) is 5.75 Å². The monoisotopic (exact) mass is 291 g/mol. The van der Waals surface area contributed by atoms with Gasteiger partial charge in [-0.15, -0.1) is 0 Å². The van der Waals surface area contributed by atoms with Gasteiger partial charge in [0, 0.05) is 12.1 Å².